The van der Waals surface area contributed by atoms with Gasteiger partial charge in [0, 0.05) is 26.6 Å². The first-order valence-corrected chi connectivity index (χ1v) is 8.91. The van der Waals surface area contributed by atoms with Crippen LogP contribution in [0.4, 0.5) is 0 Å². The number of imidazole rings is 1. The van der Waals surface area contributed by atoms with Gasteiger partial charge in [-0.2, -0.15) is 0 Å². The van der Waals surface area contributed by atoms with Crippen LogP contribution in [-0.2, 0) is 6.42 Å². The van der Waals surface area contributed by atoms with E-state index < -0.39 is 0 Å². The van der Waals surface area contributed by atoms with Gasteiger partial charge in [0.05, 0.1) is 11.0 Å². The quantitative estimate of drug-likeness (QED) is 0.434. The second kappa shape index (κ2) is 8.52. The van der Waals surface area contributed by atoms with Crippen LogP contribution in [0.2, 0.25) is 0 Å². The van der Waals surface area contributed by atoms with Gasteiger partial charge >= 0.3 is 0 Å². The summed E-state index contributed by atoms with van der Waals surface area (Å²) in [6.45, 7) is 1.75. The van der Waals surface area contributed by atoms with E-state index in [0.717, 1.165) is 48.7 Å². The molecular formula is C19H27N5. The molecule has 128 valence electrons. The molecule has 0 bridgehead atoms. The van der Waals surface area contributed by atoms with Crippen molar-refractivity contribution >= 4 is 17.0 Å². The van der Waals surface area contributed by atoms with Crippen LogP contribution in [0.3, 0.4) is 0 Å². The largest absolute Gasteiger partial charge is 0.356 e. The minimum absolute atomic E-state index is 0.808. The third-order valence-corrected chi connectivity index (χ3v) is 4.44. The van der Waals surface area contributed by atoms with Crippen molar-refractivity contribution < 1.29 is 0 Å². The summed E-state index contributed by atoms with van der Waals surface area (Å²) in [5.74, 6) is 1.87. The number of guanidine groups is 1. The highest BCUT2D eigenvalue weighted by atomic mass is 15.2. The number of rotatable bonds is 6. The van der Waals surface area contributed by atoms with Crippen LogP contribution in [0.15, 0.2) is 40.9 Å². The fourth-order valence-corrected chi connectivity index (χ4v) is 3.12. The molecule has 0 fully saturated rings. The van der Waals surface area contributed by atoms with E-state index in [1.807, 2.05) is 25.2 Å². The molecule has 3 N–H and O–H groups in total. The van der Waals surface area contributed by atoms with Gasteiger partial charge in [0.15, 0.2) is 5.96 Å². The molecule has 1 aliphatic rings. The second-order valence-electron chi connectivity index (χ2n) is 6.23. The Balaban J connectivity index is 1.40. The van der Waals surface area contributed by atoms with E-state index in [-0.39, 0.29) is 0 Å². The van der Waals surface area contributed by atoms with Crippen molar-refractivity contribution in [3.63, 3.8) is 0 Å². The van der Waals surface area contributed by atoms with E-state index >= 15 is 0 Å². The summed E-state index contributed by atoms with van der Waals surface area (Å²) in [5, 5.41) is 6.76. The number of para-hydroxylation sites is 2. The predicted octanol–water partition coefficient (Wildman–Crippen LogP) is 3.16. The van der Waals surface area contributed by atoms with E-state index in [0.29, 0.717) is 0 Å². The lowest BCUT2D eigenvalue weighted by molar-refractivity contribution is 0.665. The van der Waals surface area contributed by atoms with Crippen LogP contribution in [-0.4, -0.2) is 36.1 Å². The summed E-state index contributed by atoms with van der Waals surface area (Å²) in [6.07, 6.45) is 9.57. The predicted molar refractivity (Wildman–Crippen MR) is 100 cm³/mol. The molecular weight excluding hydrogens is 298 g/mol. The van der Waals surface area contributed by atoms with E-state index in [9.17, 15) is 0 Å². The van der Waals surface area contributed by atoms with Gasteiger partial charge in [-0.1, -0.05) is 23.8 Å². The summed E-state index contributed by atoms with van der Waals surface area (Å²) >= 11 is 0. The molecule has 0 radical (unpaired) electrons. The lowest BCUT2D eigenvalue weighted by Crippen LogP contribution is -2.38. The molecule has 0 atom stereocenters. The second-order valence-corrected chi connectivity index (χ2v) is 6.23. The smallest absolute Gasteiger partial charge is 0.191 e. The van der Waals surface area contributed by atoms with E-state index in [2.05, 4.69) is 37.7 Å². The molecule has 1 aliphatic carbocycles. The number of nitrogens with zero attached hydrogens (tertiary/aromatic N) is 2. The Hall–Kier alpha value is -2.30. The molecule has 0 spiro atoms. The SMILES string of the molecule is CN=C(NCCC1=CCCCC1)NCCc1nc2ccccc2[nH]1. The lowest BCUT2D eigenvalue weighted by Gasteiger charge is -2.15. The van der Waals surface area contributed by atoms with E-state index in [1.165, 1.54) is 25.7 Å². The summed E-state index contributed by atoms with van der Waals surface area (Å²) in [4.78, 5) is 12.2. The average Bonchev–Trinajstić information content (AvgIpc) is 3.04. The molecule has 3 rings (SSSR count). The van der Waals surface area contributed by atoms with Crippen LogP contribution in [0.1, 0.15) is 37.9 Å². The first-order chi connectivity index (χ1) is 11.8. The number of aromatic nitrogens is 2. The van der Waals surface area contributed by atoms with Crippen molar-refractivity contribution in [1.82, 2.24) is 20.6 Å². The number of H-pyrrole nitrogens is 1. The number of aliphatic imine (C=N–C) groups is 1. The lowest BCUT2D eigenvalue weighted by atomic mass is 9.97. The molecule has 24 heavy (non-hydrogen) atoms. The highest BCUT2D eigenvalue weighted by Crippen LogP contribution is 2.19. The number of allylic oxidation sites excluding steroid dienone is 1. The number of nitrogens with one attached hydrogen (secondary N) is 3. The Labute approximate surface area is 143 Å². The zero-order valence-corrected chi connectivity index (χ0v) is 14.4. The summed E-state index contributed by atoms with van der Waals surface area (Å²) in [7, 11) is 1.82. The highest BCUT2D eigenvalue weighted by Gasteiger charge is 2.05. The van der Waals surface area contributed by atoms with Crippen molar-refractivity contribution in [2.75, 3.05) is 20.1 Å². The minimum atomic E-state index is 0.808. The molecule has 1 aromatic heterocycles. The van der Waals surface area contributed by atoms with Gasteiger partial charge in [-0.15, -0.1) is 0 Å². The third kappa shape index (κ3) is 4.60. The number of hydrogen-bond donors (Lipinski definition) is 3. The number of aromatic amines is 1. The van der Waals surface area contributed by atoms with Gasteiger partial charge in [-0.3, -0.25) is 4.99 Å². The Morgan fingerprint density at radius 1 is 1.17 bits per heavy atom. The summed E-state index contributed by atoms with van der Waals surface area (Å²) < 4.78 is 0. The molecule has 1 aromatic carbocycles. The van der Waals surface area contributed by atoms with Crippen molar-refractivity contribution in [3.8, 4) is 0 Å². The summed E-state index contributed by atoms with van der Waals surface area (Å²) in [5.41, 5.74) is 3.71. The minimum Gasteiger partial charge on any atom is -0.356 e. The maximum absolute atomic E-state index is 4.60. The molecule has 0 unspecified atom stereocenters. The maximum atomic E-state index is 4.60. The molecule has 5 nitrogen and oxygen atoms in total. The fourth-order valence-electron chi connectivity index (χ4n) is 3.12. The molecule has 1 heterocycles. The Bertz CT molecular complexity index is 680. The molecule has 0 saturated heterocycles. The molecule has 2 aromatic rings. The third-order valence-electron chi connectivity index (χ3n) is 4.44. The molecule has 0 aliphatic heterocycles. The van der Waals surface area contributed by atoms with Gasteiger partial charge in [-0.25, -0.2) is 4.98 Å². The Morgan fingerprint density at radius 2 is 2.00 bits per heavy atom. The first-order valence-electron chi connectivity index (χ1n) is 8.91. The maximum Gasteiger partial charge on any atom is 0.191 e. The standard InChI is InChI=1S/C19H27N5/c1-20-19(21-13-11-15-7-3-2-4-8-15)22-14-12-18-23-16-9-5-6-10-17(16)24-18/h5-7,9-10H,2-4,8,11-14H2,1H3,(H,23,24)(H2,20,21,22). The van der Waals surface area contributed by atoms with Crippen LogP contribution in [0.5, 0.6) is 0 Å². The Kier molecular flexibility index (Phi) is 5.88. The molecule has 0 saturated carbocycles. The van der Waals surface area contributed by atoms with Crippen LogP contribution >= 0.6 is 0 Å². The highest BCUT2D eigenvalue weighted by molar-refractivity contribution is 5.79. The van der Waals surface area contributed by atoms with Gasteiger partial charge in [0.1, 0.15) is 5.82 Å². The van der Waals surface area contributed by atoms with Crippen molar-refractivity contribution in [2.24, 2.45) is 4.99 Å². The van der Waals surface area contributed by atoms with Gasteiger partial charge < -0.3 is 15.6 Å². The van der Waals surface area contributed by atoms with Crippen molar-refractivity contribution in [3.05, 3.63) is 41.7 Å². The zero-order chi connectivity index (χ0) is 16.6. The zero-order valence-electron chi connectivity index (χ0n) is 14.4. The molecule has 0 amide bonds. The normalized spacial score (nSPS) is 15.4. The number of hydrogen-bond acceptors (Lipinski definition) is 2. The van der Waals surface area contributed by atoms with Crippen LogP contribution in [0, 0.1) is 0 Å². The molecule has 5 heteroatoms. The first kappa shape index (κ1) is 16.6. The van der Waals surface area contributed by atoms with E-state index in [1.54, 1.807) is 5.57 Å². The number of fused-ring (bicyclic) bond motifs is 1. The topological polar surface area (TPSA) is 65.1 Å². The number of benzene rings is 1. The Morgan fingerprint density at radius 3 is 2.75 bits per heavy atom. The van der Waals surface area contributed by atoms with Crippen molar-refractivity contribution in [1.29, 1.82) is 0 Å². The monoisotopic (exact) mass is 325 g/mol. The summed E-state index contributed by atoms with van der Waals surface area (Å²) in [6, 6.07) is 8.12. The van der Waals surface area contributed by atoms with Gasteiger partial charge in [0.25, 0.3) is 0 Å². The van der Waals surface area contributed by atoms with Gasteiger partial charge in [0.2, 0.25) is 0 Å². The van der Waals surface area contributed by atoms with Crippen LogP contribution < -0.4 is 10.6 Å². The van der Waals surface area contributed by atoms with Crippen molar-refractivity contribution in [2.45, 2.75) is 38.5 Å². The fraction of sp³-hybridized carbons (Fsp3) is 0.474. The van der Waals surface area contributed by atoms with Gasteiger partial charge in [-0.05, 0) is 44.2 Å². The van der Waals surface area contributed by atoms with Crippen LogP contribution in [0.25, 0.3) is 11.0 Å². The average molecular weight is 325 g/mol. The van der Waals surface area contributed by atoms with E-state index in [4.69, 9.17) is 0 Å².